The molecule has 2 atom stereocenters. The van der Waals surface area contributed by atoms with E-state index in [9.17, 15) is 9.59 Å². The molecule has 1 aromatic heterocycles. The molecule has 0 aliphatic rings. The first-order valence-electron chi connectivity index (χ1n) is 11.7. The van der Waals surface area contributed by atoms with Crippen molar-refractivity contribution in [2.45, 2.75) is 33.6 Å². The maximum absolute atomic E-state index is 12.3. The van der Waals surface area contributed by atoms with Crippen molar-refractivity contribution >= 4 is 12.1 Å². The number of ether oxygens (including phenoxy) is 4. The zero-order chi connectivity index (χ0) is 26.2. The summed E-state index contributed by atoms with van der Waals surface area (Å²) in [4.78, 5) is 28.0. The summed E-state index contributed by atoms with van der Waals surface area (Å²) in [6, 6.07) is 17.3. The van der Waals surface area contributed by atoms with Crippen molar-refractivity contribution in [2.24, 2.45) is 17.1 Å². The number of benzene rings is 2. The number of nitrogens with two attached hydrogens (primary N) is 1. The second kappa shape index (κ2) is 11.7. The number of hydrogen-bond donors (Lipinski definition) is 1. The summed E-state index contributed by atoms with van der Waals surface area (Å²) < 4.78 is 24.9. The van der Waals surface area contributed by atoms with Crippen LogP contribution in [0.25, 0.3) is 11.1 Å². The molecule has 0 fully saturated rings. The number of primary amides is 1. The second-order valence-electron chi connectivity index (χ2n) is 9.00. The Bertz CT molecular complexity index is 1120. The summed E-state index contributed by atoms with van der Waals surface area (Å²) in [7, 11) is 0. The molecule has 0 bridgehead atoms. The Morgan fingerprint density at radius 3 is 2.28 bits per heavy atom. The van der Waals surface area contributed by atoms with Crippen LogP contribution in [0.15, 0.2) is 73.3 Å². The lowest BCUT2D eigenvalue weighted by Gasteiger charge is -2.45. The molecule has 9 heteroatoms. The fourth-order valence-corrected chi connectivity index (χ4v) is 4.00. The minimum atomic E-state index is -1.80. The van der Waals surface area contributed by atoms with Gasteiger partial charge >= 0.3 is 18.0 Å². The van der Waals surface area contributed by atoms with Crippen LogP contribution in [0.3, 0.4) is 0 Å². The van der Waals surface area contributed by atoms with E-state index in [2.05, 4.69) is 4.98 Å². The SMILES string of the molecule is CCOCC(C(C)(C)COC(C)=O)C(OC(N)=O)(Oc1ccc(-c2ccccc2)cc1)n1ccnc1. The third-order valence-corrected chi connectivity index (χ3v) is 5.86. The molecule has 1 amide bonds. The molecule has 2 aromatic carbocycles. The first kappa shape index (κ1) is 26.7. The lowest BCUT2D eigenvalue weighted by Crippen LogP contribution is -2.57. The van der Waals surface area contributed by atoms with Crippen LogP contribution in [0, 0.1) is 11.3 Å². The Balaban J connectivity index is 2.09. The van der Waals surface area contributed by atoms with Gasteiger partial charge in [0.15, 0.2) is 0 Å². The molecule has 36 heavy (non-hydrogen) atoms. The monoisotopic (exact) mass is 495 g/mol. The molecule has 1 heterocycles. The largest absolute Gasteiger partial charge is 0.465 e. The van der Waals surface area contributed by atoms with E-state index in [1.807, 2.05) is 63.2 Å². The van der Waals surface area contributed by atoms with Gasteiger partial charge in [0.05, 0.1) is 19.1 Å². The highest BCUT2D eigenvalue weighted by Crippen LogP contribution is 2.43. The van der Waals surface area contributed by atoms with E-state index in [0.29, 0.717) is 12.4 Å². The van der Waals surface area contributed by atoms with Gasteiger partial charge in [0.1, 0.15) is 12.1 Å². The zero-order valence-corrected chi connectivity index (χ0v) is 21.0. The van der Waals surface area contributed by atoms with Crippen molar-refractivity contribution in [3.8, 4) is 16.9 Å². The van der Waals surface area contributed by atoms with Crippen LogP contribution in [0.1, 0.15) is 27.7 Å². The summed E-state index contributed by atoms with van der Waals surface area (Å²) in [6.07, 6.45) is 3.58. The third kappa shape index (κ3) is 6.42. The molecule has 9 nitrogen and oxygen atoms in total. The summed E-state index contributed by atoms with van der Waals surface area (Å²) in [5.74, 6) is -2.48. The van der Waals surface area contributed by atoms with E-state index in [0.717, 1.165) is 11.1 Å². The van der Waals surface area contributed by atoms with Gasteiger partial charge < -0.3 is 24.7 Å². The van der Waals surface area contributed by atoms with Gasteiger partial charge in [-0.25, -0.2) is 9.78 Å². The van der Waals surface area contributed by atoms with Gasteiger partial charge in [0, 0.05) is 31.3 Å². The highest BCUT2D eigenvalue weighted by atomic mass is 16.7. The van der Waals surface area contributed by atoms with Crippen molar-refractivity contribution < 1.29 is 28.5 Å². The van der Waals surface area contributed by atoms with E-state index in [-0.39, 0.29) is 13.2 Å². The maximum atomic E-state index is 12.3. The molecule has 0 spiro atoms. The van der Waals surface area contributed by atoms with Gasteiger partial charge in [-0.3, -0.25) is 9.36 Å². The summed E-state index contributed by atoms with van der Waals surface area (Å²) in [5, 5.41) is 0. The number of carbonyl (C=O) groups is 2. The predicted octanol–water partition coefficient (Wildman–Crippen LogP) is 4.58. The molecule has 3 rings (SSSR count). The Morgan fingerprint density at radius 1 is 1.06 bits per heavy atom. The highest BCUT2D eigenvalue weighted by molar-refractivity contribution is 5.66. The van der Waals surface area contributed by atoms with Gasteiger partial charge in [-0.2, -0.15) is 0 Å². The van der Waals surface area contributed by atoms with Gasteiger partial charge in [-0.15, -0.1) is 0 Å². The van der Waals surface area contributed by atoms with Crippen molar-refractivity contribution in [1.29, 1.82) is 0 Å². The second-order valence-corrected chi connectivity index (χ2v) is 9.00. The van der Waals surface area contributed by atoms with E-state index >= 15 is 0 Å². The smallest absolute Gasteiger partial charge is 0.409 e. The van der Waals surface area contributed by atoms with Crippen molar-refractivity contribution in [3.05, 3.63) is 73.3 Å². The Kier molecular flexibility index (Phi) is 8.71. The number of rotatable bonds is 12. The van der Waals surface area contributed by atoms with E-state index in [4.69, 9.17) is 24.7 Å². The van der Waals surface area contributed by atoms with E-state index in [1.165, 1.54) is 24.0 Å². The number of amides is 1. The first-order chi connectivity index (χ1) is 17.2. The number of esters is 1. The molecule has 3 aromatic rings. The Hall–Kier alpha value is -3.85. The molecular weight excluding hydrogens is 462 g/mol. The van der Waals surface area contributed by atoms with Crippen LogP contribution in [-0.2, 0) is 24.9 Å². The molecule has 0 saturated heterocycles. The first-order valence-corrected chi connectivity index (χ1v) is 11.7. The van der Waals surface area contributed by atoms with Crippen LogP contribution in [0.5, 0.6) is 5.75 Å². The van der Waals surface area contributed by atoms with Crippen LogP contribution in [0.4, 0.5) is 4.79 Å². The summed E-state index contributed by atoms with van der Waals surface area (Å²) in [6.45, 7) is 7.47. The molecule has 0 saturated carbocycles. The fraction of sp³-hybridized carbons (Fsp3) is 0.370. The van der Waals surface area contributed by atoms with Crippen LogP contribution in [0.2, 0.25) is 0 Å². The van der Waals surface area contributed by atoms with Crippen LogP contribution < -0.4 is 10.5 Å². The number of nitrogens with zero attached hydrogens (tertiary/aromatic N) is 2. The average molecular weight is 496 g/mol. The van der Waals surface area contributed by atoms with Crippen LogP contribution in [-0.4, -0.2) is 41.4 Å². The number of carbonyl (C=O) groups excluding carboxylic acids is 2. The van der Waals surface area contributed by atoms with E-state index < -0.39 is 29.3 Å². The lowest BCUT2D eigenvalue weighted by atomic mass is 9.77. The predicted molar refractivity (Wildman–Crippen MR) is 134 cm³/mol. The highest BCUT2D eigenvalue weighted by Gasteiger charge is 2.54. The molecule has 0 aliphatic carbocycles. The molecule has 192 valence electrons. The molecule has 2 N–H and O–H groups in total. The Morgan fingerprint density at radius 2 is 1.72 bits per heavy atom. The van der Waals surface area contributed by atoms with Crippen LogP contribution >= 0.6 is 0 Å². The summed E-state index contributed by atoms with van der Waals surface area (Å²) >= 11 is 0. The van der Waals surface area contributed by atoms with Crippen molar-refractivity contribution in [1.82, 2.24) is 9.55 Å². The Labute approximate surface area is 211 Å². The van der Waals surface area contributed by atoms with E-state index in [1.54, 1.807) is 18.3 Å². The normalized spacial score (nSPS) is 13.9. The molecular formula is C27H33N3O6. The van der Waals surface area contributed by atoms with Crippen molar-refractivity contribution in [2.75, 3.05) is 19.8 Å². The minimum Gasteiger partial charge on any atom is -0.465 e. The van der Waals surface area contributed by atoms with Gasteiger partial charge in [0.2, 0.25) is 0 Å². The minimum absolute atomic E-state index is 0.0228. The average Bonchev–Trinajstić information content (AvgIpc) is 3.39. The zero-order valence-electron chi connectivity index (χ0n) is 21.0. The number of imidazole rings is 1. The number of hydrogen-bond acceptors (Lipinski definition) is 7. The third-order valence-electron chi connectivity index (χ3n) is 5.86. The van der Waals surface area contributed by atoms with Gasteiger partial charge in [-0.05, 0) is 30.2 Å². The summed E-state index contributed by atoms with van der Waals surface area (Å²) in [5.41, 5.74) is 6.83. The van der Waals surface area contributed by atoms with Gasteiger partial charge in [0.25, 0.3) is 0 Å². The molecule has 2 unspecified atom stereocenters. The van der Waals surface area contributed by atoms with Gasteiger partial charge in [-0.1, -0.05) is 56.3 Å². The number of aromatic nitrogens is 2. The lowest BCUT2D eigenvalue weighted by molar-refractivity contribution is -0.276. The molecule has 0 aliphatic heterocycles. The van der Waals surface area contributed by atoms with Crippen molar-refractivity contribution in [3.63, 3.8) is 0 Å². The standard InChI is InChI=1S/C27H33N3O6/c1-5-33-17-24(26(3,4)18-34-20(2)31)27(36-25(28)32,30-16-15-29-19-30)35-23-13-11-22(12-14-23)21-9-7-6-8-10-21/h6-16,19,24H,5,17-18H2,1-4H3,(H2,28,32). The topological polar surface area (TPSA) is 115 Å². The maximum Gasteiger partial charge on any atom is 0.409 e. The molecule has 0 radical (unpaired) electrons. The quantitative estimate of drug-likeness (QED) is 0.289. The fourth-order valence-electron chi connectivity index (χ4n) is 4.00.